The number of anilines is 1. The monoisotopic (exact) mass is 469 g/mol. The third-order valence-corrected chi connectivity index (χ3v) is 5.56. The lowest BCUT2D eigenvalue weighted by Gasteiger charge is -2.11. The van der Waals surface area contributed by atoms with Crippen molar-refractivity contribution < 1.29 is 19.1 Å². The number of aromatic nitrogens is 1. The van der Waals surface area contributed by atoms with Crippen molar-refractivity contribution in [1.29, 1.82) is 0 Å². The second-order valence-electron chi connectivity index (χ2n) is 7.91. The van der Waals surface area contributed by atoms with Crippen LogP contribution in [0, 0.1) is 5.92 Å². The van der Waals surface area contributed by atoms with Crippen molar-refractivity contribution in [3.8, 4) is 0 Å². The number of nitrogens with zero attached hydrogens (tertiary/aromatic N) is 1. The van der Waals surface area contributed by atoms with Gasteiger partial charge in [-0.3, -0.25) is 9.59 Å². The molecular formula is C25H28ClN3O4. The van der Waals surface area contributed by atoms with Crippen LogP contribution in [0.15, 0.2) is 42.5 Å². The Morgan fingerprint density at radius 2 is 1.82 bits per heavy atom. The summed E-state index contributed by atoms with van der Waals surface area (Å²) in [6.45, 7) is 8.57. The quantitative estimate of drug-likeness (QED) is 0.453. The van der Waals surface area contributed by atoms with Crippen LogP contribution in [0.5, 0.6) is 0 Å². The summed E-state index contributed by atoms with van der Waals surface area (Å²) in [5.74, 6) is -0.932. The molecule has 2 aromatic carbocycles. The van der Waals surface area contributed by atoms with E-state index in [4.69, 9.17) is 16.3 Å². The number of carbonyl (C=O) groups excluding carboxylic acids is 3. The number of hydrogen-bond donors (Lipinski definition) is 2. The molecule has 1 heterocycles. The lowest BCUT2D eigenvalue weighted by molar-refractivity contribution is -0.124. The minimum Gasteiger partial charge on any atom is -0.461 e. The topological polar surface area (TPSA) is 89.4 Å². The number of amides is 2. The number of esters is 1. The number of rotatable bonds is 8. The van der Waals surface area contributed by atoms with Gasteiger partial charge in [0, 0.05) is 35.6 Å². The van der Waals surface area contributed by atoms with Gasteiger partial charge in [0.2, 0.25) is 5.91 Å². The lowest BCUT2D eigenvalue weighted by Crippen LogP contribution is -2.27. The van der Waals surface area contributed by atoms with E-state index in [-0.39, 0.29) is 23.7 Å². The Balaban J connectivity index is 1.82. The van der Waals surface area contributed by atoms with E-state index in [1.54, 1.807) is 37.3 Å². The maximum Gasteiger partial charge on any atom is 0.354 e. The molecule has 33 heavy (non-hydrogen) atoms. The van der Waals surface area contributed by atoms with E-state index in [2.05, 4.69) is 10.6 Å². The van der Waals surface area contributed by atoms with Crippen LogP contribution in [0.2, 0.25) is 5.02 Å². The Hall–Kier alpha value is -3.32. The summed E-state index contributed by atoms with van der Waals surface area (Å²) in [7, 11) is 0. The fourth-order valence-corrected chi connectivity index (χ4v) is 3.72. The summed E-state index contributed by atoms with van der Waals surface area (Å²) in [6.07, 6.45) is 0. The normalized spacial score (nSPS) is 11.0. The maximum atomic E-state index is 12.9. The smallest absolute Gasteiger partial charge is 0.354 e. The van der Waals surface area contributed by atoms with Crippen LogP contribution in [0.4, 0.5) is 5.69 Å². The summed E-state index contributed by atoms with van der Waals surface area (Å²) < 4.78 is 7.03. The zero-order chi connectivity index (χ0) is 24.1. The largest absolute Gasteiger partial charge is 0.461 e. The van der Waals surface area contributed by atoms with Crippen LogP contribution in [0.25, 0.3) is 10.9 Å². The van der Waals surface area contributed by atoms with Crippen LogP contribution in [0.3, 0.4) is 0 Å². The van der Waals surface area contributed by atoms with E-state index >= 15 is 0 Å². The van der Waals surface area contributed by atoms with Crippen LogP contribution >= 0.6 is 11.6 Å². The van der Waals surface area contributed by atoms with Gasteiger partial charge < -0.3 is 19.9 Å². The average Bonchev–Trinajstić information content (AvgIpc) is 3.16. The zero-order valence-electron chi connectivity index (χ0n) is 19.2. The molecule has 0 bridgehead atoms. The van der Waals surface area contributed by atoms with Crippen LogP contribution in [-0.4, -0.2) is 29.0 Å². The summed E-state index contributed by atoms with van der Waals surface area (Å²) in [6, 6.07) is 12.3. The van der Waals surface area contributed by atoms with Crippen molar-refractivity contribution in [3.05, 3.63) is 64.3 Å². The molecule has 3 rings (SSSR count). The SMILES string of the molecule is CCOC(=O)c1cc2cc(NC(=O)c3cc(CNC(=O)C(C)C)ccc3Cl)ccc2n1CC. The number of nitrogens with one attached hydrogen (secondary N) is 2. The molecule has 0 radical (unpaired) electrons. The highest BCUT2D eigenvalue weighted by atomic mass is 35.5. The van der Waals surface area contributed by atoms with Gasteiger partial charge in [0.05, 0.1) is 17.2 Å². The molecule has 7 nitrogen and oxygen atoms in total. The van der Waals surface area contributed by atoms with Crippen molar-refractivity contribution in [3.63, 3.8) is 0 Å². The summed E-state index contributed by atoms with van der Waals surface area (Å²) in [5.41, 5.74) is 3.00. The number of halogens is 1. The summed E-state index contributed by atoms with van der Waals surface area (Å²) in [4.78, 5) is 37.0. The molecule has 0 aliphatic rings. The van der Waals surface area contributed by atoms with Gasteiger partial charge in [-0.25, -0.2) is 4.79 Å². The number of fused-ring (bicyclic) bond motifs is 1. The first kappa shape index (κ1) is 24.3. The molecule has 1 aromatic heterocycles. The van der Waals surface area contributed by atoms with E-state index in [1.165, 1.54) is 0 Å². The first-order valence-electron chi connectivity index (χ1n) is 10.9. The molecule has 2 N–H and O–H groups in total. The Labute approximate surface area is 198 Å². The minimum absolute atomic E-state index is 0.0644. The Morgan fingerprint density at radius 1 is 1.06 bits per heavy atom. The molecule has 2 amide bonds. The molecule has 0 spiro atoms. The van der Waals surface area contributed by atoms with Crippen LogP contribution in [0.1, 0.15) is 54.1 Å². The highest BCUT2D eigenvalue weighted by Gasteiger charge is 2.17. The highest BCUT2D eigenvalue weighted by molar-refractivity contribution is 6.34. The molecular weight excluding hydrogens is 442 g/mol. The number of carbonyl (C=O) groups is 3. The Kier molecular flexibility index (Phi) is 7.76. The predicted octanol–water partition coefficient (Wildman–Crippen LogP) is 5.02. The van der Waals surface area contributed by atoms with Crippen molar-refractivity contribution in [2.75, 3.05) is 11.9 Å². The second kappa shape index (κ2) is 10.5. The third-order valence-electron chi connectivity index (χ3n) is 5.23. The number of hydrogen-bond acceptors (Lipinski definition) is 4. The fourth-order valence-electron chi connectivity index (χ4n) is 3.51. The highest BCUT2D eigenvalue weighted by Crippen LogP contribution is 2.26. The van der Waals surface area contributed by atoms with Crippen molar-refractivity contribution in [2.24, 2.45) is 5.92 Å². The summed E-state index contributed by atoms with van der Waals surface area (Å²) in [5, 5.41) is 6.83. The van der Waals surface area contributed by atoms with Gasteiger partial charge in [0.1, 0.15) is 5.69 Å². The molecule has 0 atom stereocenters. The zero-order valence-corrected chi connectivity index (χ0v) is 20.0. The van der Waals surface area contributed by atoms with Gasteiger partial charge in [-0.05, 0) is 55.8 Å². The molecule has 0 unspecified atom stereocenters. The number of ether oxygens (including phenoxy) is 1. The van der Waals surface area contributed by atoms with Gasteiger partial charge in [-0.15, -0.1) is 0 Å². The van der Waals surface area contributed by atoms with Crippen LogP contribution < -0.4 is 10.6 Å². The molecule has 0 aliphatic heterocycles. The molecule has 3 aromatic rings. The lowest BCUT2D eigenvalue weighted by atomic mass is 10.1. The molecule has 0 fully saturated rings. The Bertz CT molecular complexity index is 1200. The van der Waals surface area contributed by atoms with Crippen LogP contribution in [-0.2, 0) is 22.6 Å². The molecule has 0 saturated heterocycles. The van der Waals surface area contributed by atoms with Gasteiger partial charge in [0.15, 0.2) is 0 Å². The molecule has 0 saturated carbocycles. The second-order valence-corrected chi connectivity index (χ2v) is 8.32. The van der Waals surface area contributed by atoms with E-state index in [0.29, 0.717) is 41.7 Å². The number of aryl methyl sites for hydroxylation is 1. The van der Waals surface area contributed by atoms with Gasteiger partial charge in [0.25, 0.3) is 5.91 Å². The van der Waals surface area contributed by atoms with E-state index in [1.807, 2.05) is 37.5 Å². The third kappa shape index (κ3) is 5.54. The first-order valence-corrected chi connectivity index (χ1v) is 11.3. The fraction of sp³-hybridized carbons (Fsp3) is 0.320. The first-order chi connectivity index (χ1) is 15.7. The number of benzene rings is 2. The van der Waals surface area contributed by atoms with E-state index in [9.17, 15) is 14.4 Å². The standard InChI is InChI=1S/C25H28ClN3O4/c1-5-29-21-10-8-18(12-17(21)13-22(29)25(32)33-6-2)28-24(31)19-11-16(7-9-20(19)26)14-27-23(30)15(3)4/h7-13,15H,5-6,14H2,1-4H3,(H,27,30)(H,28,31). The van der Waals surface area contributed by atoms with Gasteiger partial charge in [-0.1, -0.05) is 31.5 Å². The predicted molar refractivity (Wildman–Crippen MR) is 130 cm³/mol. The van der Waals surface area contributed by atoms with Crippen molar-refractivity contribution >= 4 is 46.0 Å². The van der Waals surface area contributed by atoms with Crippen molar-refractivity contribution in [2.45, 2.75) is 40.8 Å². The molecule has 8 heteroatoms. The summed E-state index contributed by atoms with van der Waals surface area (Å²) >= 11 is 6.27. The minimum atomic E-state index is -0.380. The van der Waals surface area contributed by atoms with E-state index in [0.717, 1.165) is 16.5 Å². The van der Waals surface area contributed by atoms with E-state index < -0.39 is 0 Å². The molecule has 174 valence electrons. The average molecular weight is 470 g/mol. The van der Waals surface area contributed by atoms with Gasteiger partial charge in [-0.2, -0.15) is 0 Å². The molecule has 0 aliphatic carbocycles. The Morgan fingerprint density at radius 3 is 2.48 bits per heavy atom. The van der Waals surface area contributed by atoms with Gasteiger partial charge >= 0.3 is 5.97 Å². The van der Waals surface area contributed by atoms with Crippen molar-refractivity contribution in [1.82, 2.24) is 9.88 Å². The maximum absolute atomic E-state index is 12.9.